The molecule has 0 aromatic rings. The van der Waals surface area contributed by atoms with E-state index in [0.29, 0.717) is 6.04 Å². The molecule has 0 spiro atoms. The van der Waals surface area contributed by atoms with Gasteiger partial charge in [0, 0.05) is 6.42 Å². The Hall–Kier alpha value is -0.120. The van der Waals surface area contributed by atoms with Gasteiger partial charge in [-0.25, -0.2) is 0 Å². The van der Waals surface area contributed by atoms with Gasteiger partial charge in [-0.1, -0.05) is 6.42 Å². The lowest BCUT2D eigenvalue weighted by Gasteiger charge is -2.35. The number of piperazine rings is 1. The number of nitrogens with one attached hydrogen (secondary N) is 1. The van der Waals surface area contributed by atoms with Gasteiger partial charge >= 0.3 is 0 Å². The monoisotopic (exact) mass is 186 g/mol. The maximum absolute atomic E-state index is 9.89. The summed E-state index contributed by atoms with van der Waals surface area (Å²) in [5.74, 6) is 0. The number of rotatable bonds is 1. The fraction of sp³-hybridized carbons (Fsp3) is 1.00. The van der Waals surface area contributed by atoms with E-state index in [-0.39, 0.29) is 6.10 Å². The molecular weight excluding hydrogens is 164 g/mol. The van der Waals surface area contributed by atoms with Crippen molar-refractivity contribution in [2.75, 3.05) is 26.2 Å². The zero-order chi connectivity index (χ0) is 9.10. The van der Waals surface area contributed by atoms with Crippen molar-refractivity contribution in [2.24, 2.45) is 0 Å². The van der Waals surface area contributed by atoms with Gasteiger partial charge in [0.05, 0.1) is 0 Å². The van der Waals surface area contributed by atoms with E-state index >= 15 is 0 Å². The molecule has 0 bridgehead atoms. The third-order valence-corrected chi connectivity index (χ3v) is 3.59. The fourth-order valence-electron chi connectivity index (χ4n) is 2.80. The smallest absolute Gasteiger partial charge is 0.127 e. The van der Waals surface area contributed by atoms with Gasteiger partial charge in [0.1, 0.15) is 38.3 Å². The molecule has 0 amide bonds. The minimum absolute atomic E-state index is 0.0122. The van der Waals surface area contributed by atoms with Gasteiger partial charge in [-0.2, -0.15) is 0 Å². The molecule has 3 nitrogen and oxygen atoms in total. The number of hydrogen-bond acceptors (Lipinski definition) is 1. The third-order valence-electron chi connectivity index (χ3n) is 3.59. The average molecular weight is 186 g/mol. The largest absolute Gasteiger partial charge is 0.387 e. The van der Waals surface area contributed by atoms with Crippen molar-refractivity contribution in [2.45, 2.75) is 37.8 Å². The summed E-state index contributed by atoms with van der Waals surface area (Å²) >= 11 is 0. The van der Waals surface area contributed by atoms with Crippen molar-refractivity contribution in [3.63, 3.8) is 0 Å². The molecule has 1 aliphatic carbocycles. The van der Waals surface area contributed by atoms with Crippen LogP contribution in [-0.2, 0) is 0 Å². The van der Waals surface area contributed by atoms with Crippen molar-refractivity contribution in [1.29, 1.82) is 0 Å². The van der Waals surface area contributed by atoms with Crippen LogP contribution in [0.3, 0.4) is 0 Å². The molecule has 1 aliphatic heterocycles. The SMILES string of the molecule is O[C@@H]1CCCC[C@H]1[NH+]1CC[NH2+]CC1. The van der Waals surface area contributed by atoms with E-state index in [1.165, 1.54) is 45.4 Å². The molecule has 0 aromatic heterocycles. The van der Waals surface area contributed by atoms with Gasteiger partial charge < -0.3 is 15.3 Å². The molecule has 4 N–H and O–H groups in total. The molecule has 0 radical (unpaired) electrons. The Morgan fingerprint density at radius 2 is 1.77 bits per heavy atom. The van der Waals surface area contributed by atoms with Crippen molar-refractivity contribution in [3.05, 3.63) is 0 Å². The van der Waals surface area contributed by atoms with Crippen LogP contribution < -0.4 is 10.2 Å². The second-order valence-corrected chi connectivity index (χ2v) is 4.48. The second-order valence-electron chi connectivity index (χ2n) is 4.48. The fourth-order valence-corrected chi connectivity index (χ4v) is 2.80. The second kappa shape index (κ2) is 4.40. The minimum Gasteiger partial charge on any atom is -0.387 e. The lowest BCUT2D eigenvalue weighted by molar-refractivity contribution is -0.970. The molecule has 2 rings (SSSR count). The van der Waals surface area contributed by atoms with Crippen LogP contribution in [0.25, 0.3) is 0 Å². The summed E-state index contributed by atoms with van der Waals surface area (Å²) in [4.78, 5) is 1.66. The molecule has 76 valence electrons. The molecule has 13 heavy (non-hydrogen) atoms. The maximum atomic E-state index is 9.89. The molecule has 1 saturated carbocycles. The first-order valence-corrected chi connectivity index (χ1v) is 5.72. The van der Waals surface area contributed by atoms with Crippen molar-refractivity contribution in [3.8, 4) is 0 Å². The van der Waals surface area contributed by atoms with Crippen molar-refractivity contribution < 1.29 is 15.3 Å². The summed E-state index contributed by atoms with van der Waals surface area (Å²) in [5, 5.41) is 12.3. The summed E-state index contributed by atoms with van der Waals surface area (Å²) in [6, 6.07) is 0.558. The lowest BCUT2D eigenvalue weighted by atomic mass is 9.91. The van der Waals surface area contributed by atoms with Crippen LogP contribution in [0.4, 0.5) is 0 Å². The van der Waals surface area contributed by atoms with E-state index in [9.17, 15) is 5.11 Å². The summed E-state index contributed by atoms with van der Waals surface area (Å²) in [5.41, 5.74) is 0. The Morgan fingerprint density at radius 1 is 1.08 bits per heavy atom. The van der Waals surface area contributed by atoms with Gasteiger partial charge in [-0.3, -0.25) is 0 Å². The summed E-state index contributed by atoms with van der Waals surface area (Å²) in [7, 11) is 0. The van der Waals surface area contributed by atoms with E-state index in [1.54, 1.807) is 4.90 Å². The molecule has 0 unspecified atom stereocenters. The predicted octanol–water partition coefficient (Wildman–Crippen LogP) is -2.25. The molecule has 3 heteroatoms. The van der Waals surface area contributed by atoms with Gasteiger partial charge in [0.2, 0.25) is 0 Å². The van der Waals surface area contributed by atoms with Crippen LogP contribution in [0, 0.1) is 0 Å². The summed E-state index contributed by atoms with van der Waals surface area (Å²) in [6.07, 6.45) is 4.84. The van der Waals surface area contributed by atoms with Gasteiger partial charge in [0.25, 0.3) is 0 Å². The summed E-state index contributed by atoms with van der Waals surface area (Å²) < 4.78 is 0. The van der Waals surface area contributed by atoms with E-state index < -0.39 is 0 Å². The highest BCUT2D eigenvalue weighted by Gasteiger charge is 2.33. The van der Waals surface area contributed by atoms with E-state index in [2.05, 4.69) is 5.32 Å². The average Bonchev–Trinajstić information content (AvgIpc) is 2.20. The molecule has 2 fully saturated rings. The molecule has 0 aromatic carbocycles. The first-order chi connectivity index (χ1) is 6.38. The topological polar surface area (TPSA) is 41.3 Å². The van der Waals surface area contributed by atoms with E-state index in [4.69, 9.17) is 0 Å². The highest BCUT2D eigenvalue weighted by atomic mass is 16.3. The van der Waals surface area contributed by atoms with Gasteiger partial charge in [0.15, 0.2) is 0 Å². The Balaban J connectivity index is 1.88. The van der Waals surface area contributed by atoms with Crippen molar-refractivity contribution >= 4 is 0 Å². The highest BCUT2D eigenvalue weighted by Crippen LogP contribution is 2.16. The van der Waals surface area contributed by atoms with Crippen LogP contribution >= 0.6 is 0 Å². The molecule has 2 atom stereocenters. The number of nitrogens with two attached hydrogens (primary N) is 1. The quantitative estimate of drug-likeness (QED) is 0.425. The molecule has 1 saturated heterocycles. The van der Waals surface area contributed by atoms with Crippen LogP contribution in [0.1, 0.15) is 25.7 Å². The number of quaternary nitrogens is 2. The van der Waals surface area contributed by atoms with Crippen LogP contribution in [0.2, 0.25) is 0 Å². The van der Waals surface area contributed by atoms with Crippen LogP contribution in [0.5, 0.6) is 0 Å². The van der Waals surface area contributed by atoms with E-state index in [0.717, 1.165) is 6.42 Å². The zero-order valence-corrected chi connectivity index (χ0v) is 8.34. The third kappa shape index (κ3) is 2.22. The Kier molecular flexibility index (Phi) is 3.19. The normalized spacial score (nSPS) is 37.6. The van der Waals surface area contributed by atoms with Crippen molar-refractivity contribution in [1.82, 2.24) is 0 Å². The standard InChI is InChI=1S/C10H20N2O/c13-10-4-2-1-3-9(10)12-7-5-11-6-8-12/h9-11,13H,1-8H2/p+2/t9-,10-/m1/s1. The maximum Gasteiger partial charge on any atom is 0.127 e. The van der Waals surface area contributed by atoms with Gasteiger partial charge in [-0.05, 0) is 12.8 Å². The van der Waals surface area contributed by atoms with E-state index in [1.807, 2.05) is 0 Å². The summed E-state index contributed by atoms with van der Waals surface area (Å²) in [6.45, 7) is 5.00. The zero-order valence-electron chi connectivity index (χ0n) is 8.34. The molecule has 2 aliphatic rings. The van der Waals surface area contributed by atoms with Crippen LogP contribution in [-0.4, -0.2) is 43.4 Å². The highest BCUT2D eigenvalue weighted by molar-refractivity contribution is 4.73. The Labute approximate surface area is 80.1 Å². The van der Waals surface area contributed by atoms with Gasteiger partial charge in [-0.15, -0.1) is 0 Å². The van der Waals surface area contributed by atoms with Crippen LogP contribution in [0.15, 0.2) is 0 Å². The molecular formula is C10H22N2O+2. The molecule has 1 heterocycles. The number of aliphatic hydroxyl groups is 1. The Morgan fingerprint density at radius 3 is 2.46 bits per heavy atom. The lowest BCUT2D eigenvalue weighted by Crippen LogP contribution is -3.24. The predicted molar refractivity (Wildman–Crippen MR) is 50.6 cm³/mol. The Bertz CT molecular complexity index is 157. The first kappa shape index (κ1) is 9.44. The number of aliphatic hydroxyl groups excluding tert-OH is 1. The first-order valence-electron chi connectivity index (χ1n) is 5.72. The minimum atomic E-state index is -0.0122. The number of hydrogen-bond donors (Lipinski definition) is 3.